The lowest BCUT2D eigenvalue weighted by Crippen LogP contribution is -2.60. The van der Waals surface area contributed by atoms with E-state index in [4.69, 9.17) is 26.8 Å². The number of rotatable bonds is 12. The standard InChI is InChI=1S/C14H25N5O9/c1-5(22)10(19-11(24)6(15)3-20)13(26)17-7(2-9(16)23)12(25)18-8(4-21)14(27)28/h5-8,10,20-22H,2-4,15H2,1H3,(H2,16,23)(H,17,26)(H,18,25)(H,19,24)(H,27,28)/t5-,6+,7+,8+,10+/m1/s1. The molecular formula is C14H25N5O9. The summed E-state index contributed by atoms with van der Waals surface area (Å²) in [5.74, 6) is -5.80. The van der Waals surface area contributed by atoms with Crippen LogP contribution in [-0.4, -0.2) is 93.5 Å². The van der Waals surface area contributed by atoms with Gasteiger partial charge in [-0.2, -0.15) is 0 Å². The molecule has 11 N–H and O–H groups in total. The second-order valence-electron chi connectivity index (χ2n) is 5.83. The fourth-order valence-electron chi connectivity index (χ4n) is 1.88. The summed E-state index contributed by atoms with van der Waals surface area (Å²) in [6.07, 6.45) is -2.19. The summed E-state index contributed by atoms with van der Waals surface area (Å²) < 4.78 is 0. The number of aliphatic carboxylic acids is 1. The number of carboxylic acid groups (broad SMARTS) is 1. The largest absolute Gasteiger partial charge is 0.480 e. The lowest BCUT2D eigenvalue weighted by atomic mass is 10.1. The monoisotopic (exact) mass is 407 g/mol. The second kappa shape index (κ2) is 11.8. The van der Waals surface area contributed by atoms with Crippen LogP contribution in [0.1, 0.15) is 13.3 Å². The summed E-state index contributed by atoms with van der Waals surface area (Å²) >= 11 is 0. The Morgan fingerprint density at radius 1 is 0.893 bits per heavy atom. The molecule has 0 saturated heterocycles. The molecule has 0 aromatic rings. The van der Waals surface area contributed by atoms with Crippen molar-refractivity contribution in [3.63, 3.8) is 0 Å². The zero-order valence-corrected chi connectivity index (χ0v) is 15.0. The van der Waals surface area contributed by atoms with E-state index in [0.717, 1.165) is 6.92 Å². The quantitative estimate of drug-likeness (QED) is 0.148. The number of hydrogen-bond donors (Lipinski definition) is 9. The minimum Gasteiger partial charge on any atom is -0.480 e. The van der Waals surface area contributed by atoms with Crippen LogP contribution in [0.3, 0.4) is 0 Å². The average molecular weight is 407 g/mol. The molecule has 0 unspecified atom stereocenters. The normalized spacial score (nSPS) is 16.0. The number of carboxylic acids is 1. The van der Waals surface area contributed by atoms with Gasteiger partial charge in [0.2, 0.25) is 23.6 Å². The van der Waals surface area contributed by atoms with Crippen LogP contribution in [0, 0.1) is 0 Å². The van der Waals surface area contributed by atoms with E-state index in [2.05, 4.69) is 10.6 Å². The summed E-state index contributed by atoms with van der Waals surface area (Å²) in [6, 6.07) is -6.33. The molecular weight excluding hydrogens is 382 g/mol. The lowest BCUT2D eigenvalue weighted by Gasteiger charge is -2.25. The Hall–Kier alpha value is -2.81. The first-order valence-electron chi connectivity index (χ1n) is 8.02. The number of carbonyl (C=O) groups is 5. The Morgan fingerprint density at radius 2 is 1.43 bits per heavy atom. The van der Waals surface area contributed by atoms with Crippen LogP contribution in [0.25, 0.3) is 0 Å². The fraction of sp³-hybridized carbons (Fsp3) is 0.643. The minimum atomic E-state index is -1.70. The highest BCUT2D eigenvalue weighted by Crippen LogP contribution is 2.00. The molecule has 28 heavy (non-hydrogen) atoms. The fourth-order valence-corrected chi connectivity index (χ4v) is 1.88. The van der Waals surface area contributed by atoms with E-state index in [-0.39, 0.29) is 0 Å². The summed E-state index contributed by atoms with van der Waals surface area (Å²) in [5, 5.41) is 42.3. The van der Waals surface area contributed by atoms with E-state index in [1.165, 1.54) is 0 Å². The molecule has 0 aromatic carbocycles. The van der Waals surface area contributed by atoms with Gasteiger partial charge in [0.15, 0.2) is 0 Å². The summed E-state index contributed by atoms with van der Waals surface area (Å²) in [7, 11) is 0. The number of nitrogens with two attached hydrogens (primary N) is 2. The van der Waals surface area contributed by atoms with Crippen molar-refractivity contribution >= 4 is 29.6 Å². The molecule has 0 spiro atoms. The Morgan fingerprint density at radius 3 is 1.82 bits per heavy atom. The van der Waals surface area contributed by atoms with Crippen LogP contribution in [-0.2, 0) is 24.0 Å². The van der Waals surface area contributed by atoms with Crippen molar-refractivity contribution in [1.29, 1.82) is 0 Å². The summed E-state index contributed by atoms with van der Waals surface area (Å²) in [6.45, 7) is -0.543. The Balaban J connectivity index is 5.34. The maximum atomic E-state index is 12.3. The second-order valence-corrected chi connectivity index (χ2v) is 5.83. The smallest absolute Gasteiger partial charge is 0.328 e. The first-order chi connectivity index (χ1) is 12.9. The van der Waals surface area contributed by atoms with Crippen molar-refractivity contribution in [1.82, 2.24) is 16.0 Å². The van der Waals surface area contributed by atoms with E-state index in [1.807, 2.05) is 5.32 Å². The van der Waals surface area contributed by atoms with Gasteiger partial charge < -0.3 is 47.8 Å². The van der Waals surface area contributed by atoms with Gasteiger partial charge in [0.1, 0.15) is 24.2 Å². The minimum absolute atomic E-state index is 0.730. The predicted octanol–water partition coefficient (Wildman–Crippen LogP) is -5.91. The van der Waals surface area contributed by atoms with Gasteiger partial charge >= 0.3 is 5.97 Å². The van der Waals surface area contributed by atoms with Gasteiger partial charge in [0.25, 0.3) is 0 Å². The first-order valence-corrected chi connectivity index (χ1v) is 8.02. The van der Waals surface area contributed by atoms with Gasteiger partial charge in [0, 0.05) is 0 Å². The molecule has 0 fully saturated rings. The molecule has 4 amide bonds. The molecule has 0 aliphatic carbocycles. The van der Waals surface area contributed by atoms with Crippen LogP contribution in [0.15, 0.2) is 0 Å². The molecule has 0 aliphatic heterocycles. The van der Waals surface area contributed by atoms with E-state index < -0.39 is 79.5 Å². The van der Waals surface area contributed by atoms with Crippen molar-refractivity contribution in [3.8, 4) is 0 Å². The van der Waals surface area contributed by atoms with Crippen molar-refractivity contribution in [2.75, 3.05) is 13.2 Å². The number of amides is 4. The topological polar surface area (TPSA) is 254 Å². The Bertz CT molecular complexity index is 598. The van der Waals surface area contributed by atoms with Gasteiger partial charge in [-0.3, -0.25) is 19.2 Å². The van der Waals surface area contributed by atoms with Crippen molar-refractivity contribution in [2.24, 2.45) is 11.5 Å². The van der Waals surface area contributed by atoms with Gasteiger partial charge in [-0.25, -0.2) is 4.79 Å². The van der Waals surface area contributed by atoms with Crippen LogP contribution in [0.4, 0.5) is 0 Å². The van der Waals surface area contributed by atoms with Gasteiger partial charge in [0.05, 0.1) is 25.7 Å². The zero-order valence-electron chi connectivity index (χ0n) is 15.0. The molecule has 14 heteroatoms. The number of aliphatic hydroxyl groups is 3. The molecule has 14 nitrogen and oxygen atoms in total. The van der Waals surface area contributed by atoms with E-state index >= 15 is 0 Å². The highest BCUT2D eigenvalue weighted by atomic mass is 16.4. The number of aliphatic hydroxyl groups excluding tert-OH is 3. The van der Waals surface area contributed by atoms with Crippen molar-refractivity contribution in [2.45, 2.75) is 43.6 Å². The molecule has 5 atom stereocenters. The van der Waals surface area contributed by atoms with E-state index in [0.29, 0.717) is 0 Å². The van der Waals surface area contributed by atoms with Crippen LogP contribution in [0.5, 0.6) is 0 Å². The van der Waals surface area contributed by atoms with Crippen LogP contribution < -0.4 is 27.4 Å². The Kier molecular flexibility index (Phi) is 10.6. The molecule has 0 bridgehead atoms. The van der Waals surface area contributed by atoms with Gasteiger partial charge in [-0.15, -0.1) is 0 Å². The van der Waals surface area contributed by atoms with Gasteiger partial charge in [-0.05, 0) is 6.92 Å². The predicted molar refractivity (Wildman–Crippen MR) is 91.1 cm³/mol. The molecule has 0 heterocycles. The third kappa shape index (κ3) is 8.26. The van der Waals surface area contributed by atoms with Crippen LogP contribution >= 0.6 is 0 Å². The van der Waals surface area contributed by atoms with Crippen LogP contribution in [0.2, 0.25) is 0 Å². The Labute approximate surface area is 159 Å². The molecule has 0 rings (SSSR count). The molecule has 0 aromatic heterocycles. The number of nitrogens with one attached hydrogen (secondary N) is 3. The zero-order chi connectivity index (χ0) is 22.0. The average Bonchev–Trinajstić information content (AvgIpc) is 2.61. The SMILES string of the molecule is C[C@@H](O)[C@H](NC(=O)[C@@H](N)CO)C(=O)N[C@@H](CC(N)=O)C(=O)N[C@@H](CO)C(=O)O. The summed E-state index contributed by atoms with van der Waals surface area (Å²) in [5.41, 5.74) is 10.3. The first kappa shape index (κ1) is 25.2. The number of hydrogen-bond acceptors (Lipinski definition) is 9. The number of primary amides is 1. The third-order valence-electron chi connectivity index (χ3n) is 3.43. The maximum Gasteiger partial charge on any atom is 0.328 e. The summed E-state index contributed by atoms with van der Waals surface area (Å²) in [4.78, 5) is 58.2. The van der Waals surface area contributed by atoms with Crippen molar-refractivity contribution in [3.05, 3.63) is 0 Å². The van der Waals surface area contributed by atoms with Crippen molar-refractivity contribution < 1.29 is 44.4 Å². The molecule has 160 valence electrons. The van der Waals surface area contributed by atoms with E-state index in [1.54, 1.807) is 0 Å². The molecule has 0 saturated carbocycles. The molecule has 0 radical (unpaired) electrons. The lowest BCUT2D eigenvalue weighted by molar-refractivity contribution is -0.143. The van der Waals surface area contributed by atoms with Gasteiger partial charge in [-0.1, -0.05) is 0 Å². The van der Waals surface area contributed by atoms with E-state index in [9.17, 15) is 29.1 Å². The maximum absolute atomic E-state index is 12.3. The molecule has 0 aliphatic rings. The highest BCUT2D eigenvalue weighted by Gasteiger charge is 2.32. The number of carbonyl (C=O) groups excluding carboxylic acids is 4. The third-order valence-corrected chi connectivity index (χ3v) is 3.43. The highest BCUT2D eigenvalue weighted by molar-refractivity contribution is 5.96.